The lowest BCUT2D eigenvalue weighted by molar-refractivity contribution is 0.252. The number of ether oxygens (including phenoxy) is 1. The summed E-state index contributed by atoms with van der Waals surface area (Å²) in [5, 5.41) is 0. The zero-order valence-electron chi connectivity index (χ0n) is 12.3. The minimum absolute atomic E-state index is 0.720. The number of fused-ring (bicyclic) bond motifs is 3. The third-order valence-electron chi connectivity index (χ3n) is 5.31. The summed E-state index contributed by atoms with van der Waals surface area (Å²) in [6.45, 7) is 0.861. The van der Waals surface area contributed by atoms with Crippen LogP contribution in [0.3, 0.4) is 0 Å². The van der Waals surface area contributed by atoms with E-state index in [0.29, 0.717) is 0 Å². The molecule has 0 saturated carbocycles. The number of likely N-dealkylation sites (N-methyl/N-ethyl adjacent to an activating group) is 1. The fourth-order valence-corrected chi connectivity index (χ4v) is 4.02. The van der Waals surface area contributed by atoms with Gasteiger partial charge in [0.15, 0.2) is 0 Å². The number of rotatable bonds is 3. The van der Waals surface area contributed by atoms with E-state index in [1.54, 1.807) is 5.57 Å². The van der Waals surface area contributed by atoms with Crippen LogP contribution in [0.15, 0.2) is 29.8 Å². The standard InChI is InChI=1S/C18H23NO/c1-19-16-5-6-17(19)12-14(11-16)3-2-13-4-7-18-15(10-13)8-9-20-18/h4,7,10-11,16-17H,2-3,5-6,8-9,12H2,1H3. The van der Waals surface area contributed by atoms with Gasteiger partial charge >= 0.3 is 0 Å². The molecule has 2 unspecified atom stereocenters. The highest BCUT2D eigenvalue weighted by molar-refractivity contribution is 5.40. The van der Waals surface area contributed by atoms with Crippen LogP contribution in [0.5, 0.6) is 5.75 Å². The van der Waals surface area contributed by atoms with Gasteiger partial charge in [-0.05, 0) is 56.3 Å². The largest absolute Gasteiger partial charge is 0.493 e. The van der Waals surface area contributed by atoms with Gasteiger partial charge < -0.3 is 4.74 Å². The zero-order valence-corrected chi connectivity index (χ0v) is 12.3. The van der Waals surface area contributed by atoms with Crippen molar-refractivity contribution in [1.29, 1.82) is 0 Å². The van der Waals surface area contributed by atoms with E-state index in [-0.39, 0.29) is 0 Å². The topological polar surface area (TPSA) is 12.5 Å². The SMILES string of the molecule is CN1C2C=C(CCc3ccc4c(c3)CCO4)CC1CC2. The first-order chi connectivity index (χ1) is 9.79. The second-order valence-electron chi connectivity index (χ2n) is 6.53. The highest BCUT2D eigenvalue weighted by Gasteiger charge is 2.33. The molecule has 0 aromatic heterocycles. The van der Waals surface area contributed by atoms with Gasteiger partial charge in [0.2, 0.25) is 0 Å². The Bertz CT molecular complexity index is 548. The van der Waals surface area contributed by atoms with Crippen LogP contribution in [0, 0.1) is 0 Å². The molecule has 2 heteroatoms. The van der Waals surface area contributed by atoms with Crippen LogP contribution in [0.25, 0.3) is 0 Å². The van der Waals surface area contributed by atoms with Crippen molar-refractivity contribution in [2.24, 2.45) is 0 Å². The summed E-state index contributed by atoms with van der Waals surface area (Å²) >= 11 is 0. The number of benzene rings is 1. The highest BCUT2D eigenvalue weighted by atomic mass is 16.5. The molecule has 0 aliphatic carbocycles. The minimum atomic E-state index is 0.720. The summed E-state index contributed by atoms with van der Waals surface area (Å²) < 4.78 is 5.58. The predicted molar refractivity (Wildman–Crippen MR) is 81.2 cm³/mol. The fraction of sp³-hybridized carbons (Fsp3) is 0.556. The Morgan fingerprint density at radius 1 is 1.25 bits per heavy atom. The van der Waals surface area contributed by atoms with Crippen molar-refractivity contribution < 1.29 is 4.74 Å². The Hall–Kier alpha value is -1.28. The number of aryl methyl sites for hydroxylation is 1. The quantitative estimate of drug-likeness (QED) is 0.780. The molecular weight excluding hydrogens is 246 g/mol. The van der Waals surface area contributed by atoms with Crippen LogP contribution >= 0.6 is 0 Å². The van der Waals surface area contributed by atoms with E-state index in [2.05, 4.69) is 36.2 Å². The summed E-state index contributed by atoms with van der Waals surface area (Å²) in [7, 11) is 2.29. The molecule has 4 rings (SSSR count). The fourth-order valence-electron chi connectivity index (χ4n) is 4.02. The first kappa shape index (κ1) is 12.5. The average molecular weight is 269 g/mol. The van der Waals surface area contributed by atoms with Gasteiger partial charge in [-0.2, -0.15) is 0 Å². The molecule has 1 aromatic rings. The molecule has 1 aromatic carbocycles. The van der Waals surface area contributed by atoms with Gasteiger partial charge in [-0.1, -0.05) is 23.8 Å². The maximum atomic E-state index is 5.58. The van der Waals surface area contributed by atoms with Crippen LogP contribution in [0.1, 0.15) is 36.8 Å². The van der Waals surface area contributed by atoms with E-state index in [0.717, 1.165) is 30.9 Å². The van der Waals surface area contributed by atoms with E-state index >= 15 is 0 Å². The molecule has 0 amide bonds. The first-order valence-electron chi connectivity index (χ1n) is 7.96. The summed E-state index contributed by atoms with van der Waals surface area (Å²) in [5.74, 6) is 1.10. The molecule has 20 heavy (non-hydrogen) atoms. The van der Waals surface area contributed by atoms with Crippen molar-refractivity contribution >= 4 is 0 Å². The molecular formula is C18H23NO. The lowest BCUT2D eigenvalue weighted by Gasteiger charge is -2.30. The van der Waals surface area contributed by atoms with Crippen LogP contribution in [-0.4, -0.2) is 30.6 Å². The highest BCUT2D eigenvalue weighted by Crippen LogP contribution is 2.35. The number of hydrogen-bond acceptors (Lipinski definition) is 2. The maximum absolute atomic E-state index is 5.58. The van der Waals surface area contributed by atoms with Crippen LogP contribution in [-0.2, 0) is 12.8 Å². The van der Waals surface area contributed by atoms with E-state index in [9.17, 15) is 0 Å². The second kappa shape index (κ2) is 4.92. The summed E-state index contributed by atoms with van der Waals surface area (Å²) in [6, 6.07) is 8.29. The molecule has 0 spiro atoms. The van der Waals surface area contributed by atoms with E-state index < -0.39 is 0 Å². The lowest BCUT2D eigenvalue weighted by atomic mass is 9.95. The zero-order chi connectivity index (χ0) is 13.5. The van der Waals surface area contributed by atoms with E-state index in [1.807, 2.05) is 0 Å². The lowest BCUT2D eigenvalue weighted by Crippen LogP contribution is -2.34. The van der Waals surface area contributed by atoms with Gasteiger partial charge in [-0.15, -0.1) is 0 Å². The Morgan fingerprint density at radius 2 is 2.20 bits per heavy atom. The Balaban J connectivity index is 1.42. The van der Waals surface area contributed by atoms with Gasteiger partial charge in [-0.3, -0.25) is 4.90 Å². The molecule has 3 heterocycles. The Kier molecular flexibility index (Phi) is 3.07. The van der Waals surface area contributed by atoms with Crippen LogP contribution in [0.2, 0.25) is 0 Å². The van der Waals surface area contributed by atoms with Gasteiger partial charge in [-0.25, -0.2) is 0 Å². The van der Waals surface area contributed by atoms with E-state index in [1.165, 1.54) is 43.2 Å². The molecule has 1 saturated heterocycles. The third-order valence-corrected chi connectivity index (χ3v) is 5.31. The van der Waals surface area contributed by atoms with E-state index in [4.69, 9.17) is 4.74 Å². The molecule has 1 fully saturated rings. The molecule has 0 radical (unpaired) electrons. The Morgan fingerprint density at radius 3 is 3.10 bits per heavy atom. The molecule has 0 N–H and O–H groups in total. The number of hydrogen-bond donors (Lipinski definition) is 0. The Labute approximate surface area is 121 Å². The second-order valence-corrected chi connectivity index (χ2v) is 6.53. The van der Waals surface area contributed by atoms with Crippen molar-refractivity contribution in [3.05, 3.63) is 41.0 Å². The number of nitrogens with zero attached hydrogens (tertiary/aromatic N) is 1. The minimum Gasteiger partial charge on any atom is -0.493 e. The molecule has 3 aliphatic rings. The monoisotopic (exact) mass is 269 g/mol. The third kappa shape index (κ3) is 2.16. The molecule has 3 aliphatic heterocycles. The predicted octanol–water partition coefficient (Wildman–Crippen LogP) is 3.35. The van der Waals surface area contributed by atoms with Crippen LogP contribution in [0.4, 0.5) is 0 Å². The summed E-state index contributed by atoms with van der Waals surface area (Å²) in [6.07, 6.45) is 10.1. The molecule has 2 atom stereocenters. The summed E-state index contributed by atoms with van der Waals surface area (Å²) in [4.78, 5) is 2.57. The average Bonchev–Trinajstić information content (AvgIpc) is 2.98. The van der Waals surface area contributed by atoms with Gasteiger partial charge in [0.1, 0.15) is 5.75 Å². The normalized spacial score (nSPS) is 28.1. The van der Waals surface area contributed by atoms with Crippen molar-refractivity contribution in [1.82, 2.24) is 4.90 Å². The maximum Gasteiger partial charge on any atom is 0.122 e. The molecule has 2 bridgehead atoms. The van der Waals surface area contributed by atoms with Gasteiger partial charge in [0, 0.05) is 18.5 Å². The smallest absolute Gasteiger partial charge is 0.122 e. The van der Waals surface area contributed by atoms with Crippen molar-refractivity contribution in [3.63, 3.8) is 0 Å². The first-order valence-corrected chi connectivity index (χ1v) is 7.96. The van der Waals surface area contributed by atoms with Crippen molar-refractivity contribution in [3.8, 4) is 5.75 Å². The van der Waals surface area contributed by atoms with Crippen LogP contribution < -0.4 is 4.74 Å². The summed E-state index contributed by atoms with van der Waals surface area (Å²) in [5.41, 5.74) is 4.56. The molecule has 106 valence electrons. The molecule has 2 nitrogen and oxygen atoms in total. The van der Waals surface area contributed by atoms with Crippen molar-refractivity contribution in [2.75, 3.05) is 13.7 Å². The van der Waals surface area contributed by atoms with Gasteiger partial charge in [0.25, 0.3) is 0 Å². The van der Waals surface area contributed by atoms with Crippen molar-refractivity contribution in [2.45, 2.75) is 50.6 Å². The van der Waals surface area contributed by atoms with Gasteiger partial charge in [0.05, 0.1) is 6.61 Å².